The van der Waals surface area contributed by atoms with E-state index in [1.54, 1.807) is 7.05 Å². The first-order valence-electron chi connectivity index (χ1n) is 4.59. The number of carbonyl (C=O) groups is 2. The first-order valence-corrected chi connectivity index (χ1v) is 4.59. The zero-order valence-electron chi connectivity index (χ0n) is 8.17. The molecule has 1 unspecified atom stereocenters. The zero-order valence-corrected chi connectivity index (χ0v) is 8.17. The van der Waals surface area contributed by atoms with Crippen molar-refractivity contribution in [2.75, 3.05) is 26.7 Å². The van der Waals surface area contributed by atoms with E-state index in [1.807, 2.05) is 11.8 Å². The molecule has 4 nitrogen and oxygen atoms in total. The van der Waals surface area contributed by atoms with E-state index >= 15 is 0 Å². The van der Waals surface area contributed by atoms with E-state index in [-0.39, 0.29) is 11.8 Å². The smallest absolute Gasteiger partial charge is 0.233 e. The number of nitrogens with zero attached hydrogens (tertiary/aromatic N) is 1. The van der Waals surface area contributed by atoms with Gasteiger partial charge in [-0.05, 0) is 0 Å². The lowest BCUT2D eigenvalue weighted by Crippen LogP contribution is -2.44. The Kier molecular flexibility index (Phi) is 3.42. The van der Waals surface area contributed by atoms with E-state index in [0.29, 0.717) is 25.3 Å². The molecular weight excluding hydrogens is 168 g/mol. The highest BCUT2D eigenvalue weighted by Crippen LogP contribution is 2.11. The Morgan fingerprint density at radius 1 is 1.69 bits per heavy atom. The molecule has 0 saturated carbocycles. The van der Waals surface area contributed by atoms with Gasteiger partial charge < -0.3 is 5.32 Å². The summed E-state index contributed by atoms with van der Waals surface area (Å²) in [6.07, 6.45) is 0.582. The van der Waals surface area contributed by atoms with Crippen LogP contribution >= 0.6 is 0 Å². The Balaban J connectivity index is 2.37. The van der Waals surface area contributed by atoms with Gasteiger partial charge in [0.2, 0.25) is 5.91 Å². The monoisotopic (exact) mass is 184 g/mol. The molecule has 1 aliphatic heterocycles. The lowest BCUT2D eigenvalue weighted by Gasteiger charge is -2.28. The number of likely N-dealkylation sites (tertiary alicyclic amines) is 1. The van der Waals surface area contributed by atoms with Gasteiger partial charge in [-0.25, -0.2) is 0 Å². The normalized spacial score (nSPS) is 24.5. The highest BCUT2D eigenvalue weighted by atomic mass is 16.2. The number of amides is 1. The van der Waals surface area contributed by atoms with Gasteiger partial charge in [0.15, 0.2) is 0 Å². The van der Waals surface area contributed by atoms with Crippen molar-refractivity contribution in [3.05, 3.63) is 0 Å². The number of nitrogens with one attached hydrogen (secondary N) is 1. The van der Waals surface area contributed by atoms with Gasteiger partial charge in [-0.3, -0.25) is 14.5 Å². The van der Waals surface area contributed by atoms with Gasteiger partial charge in [-0.15, -0.1) is 0 Å². The predicted molar refractivity (Wildman–Crippen MR) is 49.3 cm³/mol. The highest BCUT2D eigenvalue weighted by Gasteiger charge is 2.24. The number of carbonyl (C=O) groups excluding carboxylic acids is 2. The first kappa shape index (κ1) is 10.2. The van der Waals surface area contributed by atoms with Crippen molar-refractivity contribution in [2.45, 2.75) is 13.3 Å². The Labute approximate surface area is 78.3 Å². The van der Waals surface area contributed by atoms with Crippen LogP contribution in [0.25, 0.3) is 0 Å². The maximum absolute atomic E-state index is 11.2. The van der Waals surface area contributed by atoms with Crippen molar-refractivity contribution in [1.82, 2.24) is 10.2 Å². The number of rotatable bonds is 2. The number of piperidine rings is 1. The minimum atomic E-state index is 0.0153. The van der Waals surface area contributed by atoms with Crippen molar-refractivity contribution in [2.24, 2.45) is 5.92 Å². The van der Waals surface area contributed by atoms with Crippen molar-refractivity contribution in [3.63, 3.8) is 0 Å². The van der Waals surface area contributed by atoms with Crippen LogP contribution in [0.2, 0.25) is 0 Å². The molecule has 0 spiro atoms. The lowest BCUT2D eigenvalue weighted by atomic mass is 9.99. The number of likely N-dealkylation sites (N-methyl/N-ethyl adjacent to an activating group) is 1. The zero-order chi connectivity index (χ0) is 9.84. The van der Waals surface area contributed by atoms with Crippen LogP contribution in [0.4, 0.5) is 0 Å². The van der Waals surface area contributed by atoms with Crippen LogP contribution in [0, 0.1) is 5.92 Å². The van der Waals surface area contributed by atoms with Crippen LogP contribution in [0.3, 0.4) is 0 Å². The van der Waals surface area contributed by atoms with Crippen molar-refractivity contribution >= 4 is 11.7 Å². The SMILES string of the molecule is CNC(=O)CN1CCC(=O)C(C)C1. The van der Waals surface area contributed by atoms with E-state index in [4.69, 9.17) is 0 Å². The molecule has 0 aromatic heterocycles. The molecule has 74 valence electrons. The van der Waals surface area contributed by atoms with Crippen molar-refractivity contribution < 1.29 is 9.59 Å². The summed E-state index contributed by atoms with van der Waals surface area (Å²) in [4.78, 5) is 24.2. The average molecular weight is 184 g/mol. The summed E-state index contributed by atoms with van der Waals surface area (Å²) in [5.74, 6) is 0.410. The minimum Gasteiger partial charge on any atom is -0.358 e. The maximum Gasteiger partial charge on any atom is 0.233 e. The second-order valence-electron chi connectivity index (χ2n) is 3.53. The van der Waals surface area contributed by atoms with E-state index in [0.717, 1.165) is 6.54 Å². The molecule has 1 amide bonds. The molecule has 0 radical (unpaired) electrons. The van der Waals surface area contributed by atoms with Crippen LogP contribution in [-0.4, -0.2) is 43.3 Å². The second-order valence-corrected chi connectivity index (χ2v) is 3.53. The largest absolute Gasteiger partial charge is 0.358 e. The Bertz CT molecular complexity index is 216. The third kappa shape index (κ3) is 2.81. The maximum atomic E-state index is 11.2. The van der Waals surface area contributed by atoms with Crippen LogP contribution in [0.1, 0.15) is 13.3 Å². The molecule has 1 saturated heterocycles. The molecule has 0 aliphatic carbocycles. The summed E-state index contributed by atoms with van der Waals surface area (Å²) in [7, 11) is 1.63. The third-order valence-electron chi connectivity index (χ3n) is 2.40. The van der Waals surface area contributed by atoms with Gasteiger partial charge in [0.25, 0.3) is 0 Å². The van der Waals surface area contributed by atoms with Crippen LogP contribution in [-0.2, 0) is 9.59 Å². The standard InChI is InChI=1S/C9H16N2O2/c1-7-5-11(4-3-8(7)12)6-9(13)10-2/h7H,3-6H2,1-2H3,(H,10,13). The average Bonchev–Trinajstić information content (AvgIpc) is 2.11. The molecule has 1 fully saturated rings. The van der Waals surface area contributed by atoms with Gasteiger partial charge in [0.1, 0.15) is 5.78 Å². The van der Waals surface area contributed by atoms with Crippen molar-refractivity contribution in [3.8, 4) is 0 Å². The lowest BCUT2D eigenvalue weighted by molar-refractivity contribution is -0.128. The van der Waals surface area contributed by atoms with Crippen molar-refractivity contribution in [1.29, 1.82) is 0 Å². The number of hydrogen-bond acceptors (Lipinski definition) is 3. The Morgan fingerprint density at radius 2 is 2.38 bits per heavy atom. The molecule has 1 heterocycles. The summed E-state index contributed by atoms with van der Waals surface area (Å²) in [5, 5.41) is 2.57. The quantitative estimate of drug-likeness (QED) is 0.638. The molecule has 1 aliphatic rings. The fourth-order valence-electron chi connectivity index (χ4n) is 1.52. The predicted octanol–water partition coefficient (Wildman–Crippen LogP) is -0.357. The first-order chi connectivity index (χ1) is 6.13. The van der Waals surface area contributed by atoms with E-state index in [1.165, 1.54) is 0 Å². The van der Waals surface area contributed by atoms with Crippen LogP contribution in [0.15, 0.2) is 0 Å². The fraction of sp³-hybridized carbons (Fsp3) is 0.778. The van der Waals surface area contributed by atoms with E-state index < -0.39 is 0 Å². The van der Waals surface area contributed by atoms with Gasteiger partial charge in [0.05, 0.1) is 6.54 Å². The Morgan fingerprint density at radius 3 is 2.92 bits per heavy atom. The van der Waals surface area contributed by atoms with E-state index in [9.17, 15) is 9.59 Å². The molecule has 0 bridgehead atoms. The van der Waals surface area contributed by atoms with Gasteiger partial charge >= 0.3 is 0 Å². The van der Waals surface area contributed by atoms with Gasteiger partial charge in [0, 0.05) is 32.5 Å². The molecule has 1 rings (SSSR count). The highest BCUT2D eigenvalue weighted by molar-refractivity contribution is 5.82. The molecule has 0 aromatic carbocycles. The second kappa shape index (κ2) is 4.37. The molecule has 4 heteroatoms. The minimum absolute atomic E-state index is 0.0153. The summed E-state index contributed by atoms with van der Waals surface area (Å²) in [5.41, 5.74) is 0. The van der Waals surface area contributed by atoms with Gasteiger partial charge in [-0.2, -0.15) is 0 Å². The Hall–Kier alpha value is -0.900. The summed E-state index contributed by atoms with van der Waals surface area (Å²) in [6, 6.07) is 0. The van der Waals surface area contributed by atoms with Gasteiger partial charge in [-0.1, -0.05) is 6.92 Å². The fourth-order valence-corrected chi connectivity index (χ4v) is 1.52. The topological polar surface area (TPSA) is 49.4 Å². The van der Waals surface area contributed by atoms with E-state index in [2.05, 4.69) is 5.32 Å². The molecule has 0 aromatic rings. The summed E-state index contributed by atoms with van der Waals surface area (Å²) in [6.45, 7) is 3.76. The number of ketones is 1. The molecule has 13 heavy (non-hydrogen) atoms. The molecule has 1 N–H and O–H groups in total. The number of hydrogen-bond donors (Lipinski definition) is 1. The molecular formula is C9H16N2O2. The summed E-state index contributed by atoms with van der Waals surface area (Å²) >= 11 is 0. The third-order valence-corrected chi connectivity index (χ3v) is 2.40. The van der Waals surface area contributed by atoms with Crippen LogP contribution < -0.4 is 5.32 Å². The number of Topliss-reactive ketones (excluding diaryl/α,β-unsaturated/α-hetero) is 1. The molecule has 1 atom stereocenters. The summed E-state index contributed by atoms with van der Waals surface area (Å²) < 4.78 is 0. The van der Waals surface area contributed by atoms with Crippen LogP contribution in [0.5, 0.6) is 0 Å².